The first-order chi connectivity index (χ1) is 10.3. The molecule has 0 bridgehead atoms. The Morgan fingerprint density at radius 2 is 1.91 bits per heavy atom. The fourth-order valence-corrected chi connectivity index (χ4v) is 1.79. The van der Waals surface area contributed by atoms with E-state index >= 15 is 0 Å². The lowest BCUT2D eigenvalue weighted by Gasteiger charge is -2.19. The van der Waals surface area contributed by atoms with Crippen LogP contribution in [0.1, 0.15) is 23.7 Å². The van der Waals surface area contributed by atoms with Gasteiger partial charge in [-0.05, 0) is 23.8 Å². The number of phenolic OH excluding ortho intramolecular Hbond substituents is 1. The number of ether oxygens (including phenoxy) is 1. The molecule has 0 fully saturated rings. The standard InChI is InChI=1S/C14H16O8/c1-22-10-5-7(2-3-11(16)17)4-8(14(10)21)13(20)9(15)6-12(18)19/h2-5,9,13,15,20-21H,6H2,1H3,(H,16,17)(H,18,19). The van der Waals surface area contributed by atoms with Crippen LogP contribution in [-0.2, 0) is 9.59 Å². The zero-order valence-corrected chi connectivity index (χ0v) is 11.6. The van der Waals surface area contributed by atoms with Crippen molar-refractivity contribution in [2.75, 3.05) is 7.11 Å². The topological polar surface area (TPSA) is 145 Å². The third-order valence-corrected chi connectivity index (χ3v) is 2.83. The predicted molar refractivity (Wildman–Crippen MR) is 74.5 cm³/mol. The number of aliphatic carboxylic acids is 2. The molecule has 0 aliphatic carbocycles. The van der Waals surface area contributed by atoms with E-state index in [9.17, 15) is 24.9 Å². The Morgan fingerprint density at radius 3 is 2.41 bits per heavy atom. The van der Waals surface area contributed by atoms with Crippen molar-refractivity contribution in [1.29, 1.82) is 0 Å². The van der Waals surface area contributed by atoms with Gasteiger partial charge in [-0.25, -0.2) is 4.79 Å². The number of hydrogen-bond donors (Lipinski definition) is 5. The van der Waals surface area contributed by atoms with Crippen LogP contribution >= 0.6 is 0 Å². The van der Waals surface area contributed by atoms with Gasteiger partial charge >= 0.3 is 11.9 Å². The fourth-order valence-electron chi connectivity index (χ4n) is 1.79. The third-order valence-electron chi connectivity index (χ3n) is 2.83. The van der Waals surface area contributed by atoms with Crippen LogP contribution in [0.15, 0.2) is 18.2 Å². The Morgan fingerprint density at radius 1 is 1.27 bits per heavy atom. The molecular weight excluding hydrogens is 296 g/mol. The van der Waals surface area contributed by atoms with Gasteiger partial charge in [0.25, 0.3) is 0 Å². The van der Waals surface area contributed by atoms with Crippen molar-refractivity contribution in [2.45, 2.75) is 18.6 Å². The average molecular weight is 312 g/mol. The van der Waals surface area contributed by atoms with Gasteiger partial charge in [0.05, 0.1) is 19.6 Å². The van der Waals surface area contributed by atoms with Gasteiger partial charge in [0.2, 0.25) is 0 Å². The molecule has 0 radical (unpaired) electrons. The van der Waals surface area contributed by atoms with Crippen molar-refractivity contribution in [1.82, 2.24) is 0 Å². The number of carboxylic acid groups (broad SMARTS) is 2. The van der Waals surface area contributed by atoms with E-state index in [2.05, 4.69) is 0 Å². The smallest absolute Gasteiger partial charge is 0.328 e. The van der Waals surface area contributed by atoms with E-state index in [0.717, 1.165) is 6.08 Å². The molecule has 0 spiro atoms. The zero-order chi connectivity index (χ0) is 16.9. The molecule has 0 saturated heterocycles. The highest BCUT2D eigenvalue weighted by molar-refractivity contribution is 5.85. The van der Waals surface area contributed by atoms with Gasteiger partial charge in [0, 0.05) is 11.6 Å². The first-order valence-electron chi connectivity index (χ1n) is 6.16. The highest BCUT2D eigenvalue weighted by Gasteiger charge is 2.25. The van der Waals surface area contributed by atoms with Crippen LogP contribution < -0.4 is 4.74 Å². The summed E-state index contributed by atoms with van der Waals surface area (Å²) in [5.41, 5.74) is 0.117. The van der Waals surface area contributed by atoms with Crippen molar-refractivity contribution in [3.8, 4) is 11.5 Å². The van der Waals surface area contributed by atoms with Gasteiger partial charge in [-0.3, -0.25) is 4.79 Å². The summed E-state index contributed by atoms with van der Waals surface area (Å²) >= 11 is 0. The van der Waals surface area contributed by atoms with Gasteiger partial charge < -0.3 is 30.3 Å². The molecule has 0 aliphatic heterocycles. The maximum atomic E-state index is 10.6. The molecule has 120 valence electrons. The highest BCUT2D eigenvalue weighted by Crippen LogP contribution is 2.37. The third kappa shape index (κ3) is 4.47. The Kier molecular flexibility index (Phi) is 5.90. The molecule has 2 atom stereocenters. The second kappa shape index (κ2) is 7.43. The van der Waals surface area contributed by atoms with Crippen LogP contribution in [0, 0.1) is 0 Å². The Bertz CT molecular complexity index is 593. The summed E-state index contributed by atoms with van der Waals surface area (Å²) in [7, 11) is 1.25. The van der Waals surface area contributed by atoms with Gasteiger partial charge in [0.1, 0.15) is 6.10 Å². The molecule has 0 amide bonds. The van der Waals surface area contributed by atoms with Crippen molar-refractivity contribution in [3.63, 3.8) is 0 Å². The summed E-state index contributed by atoms with van der Waals surface area (Å²) in [6.45, 7) is 0. The molecule has 1 aromatic carbocycles. The number of phenols is 1. The number of carboxylic acids is 2. The Balaban J connectivity index is 3.24. The summed E-state index contributed by atoms with van der Waals surface area (Å²) < 4.78 is 4.90. The molecule has 0 aliphatic rings. The number of hydrogen-bond acceptors (Lipinski definition) is 6. The number of aliphatic hydroxyl groups excluding tert-OH is 2. The lowest BCUT2D eigenvalue weighted by atomic mass is 9.98. The molecule has 0 heterocycles. The van der Waals surface area contributed by atoms with E-state index in [-0.39, 0.29) is 16.9 Å². The number of methoxy groups -OCH3 is 1. The van der Waals surface area contributed by atoms with Crippen LogP contribution in [0.4, 0.5) is 0 Å². The molecule has 22 heavy (non-hydrogen) atoms. The molecule has 1 aromatic rings. The van der Waals surface area contributed by atoms with Crippen LogP contribution in [0.2, 0.25) is 0 Å². The van der Waals surface area contributed by atoms with Crippen LogP contribution in [0.5, 0.6) is 11.5 Å². The molecule has 2 unspecified atom stereocenters. The SMILES string of the molecule is COc1cc(C=CC(=O)O)cc(C(O)C(O)CC(=O)O)c1O. The molecule has 0 saturated carbocycles. The predicted octanol–water partition coefficient (Wildman–Crippen LogP) is 0.368. The summed E-state index contributed by atoms with van der Waals surface area (Å²) in [5, 5.41) is 46.8. The minimum absolute atomic E-state index is 0.0517. The minimum Gasteiger partial charge on any atom is -0.504 e. The monoisotopic (exact) mass is 312 g/mol. The number of benzene rings is 1. The number of aromatic hydroxyl groups is 1. The van der Waals surface area contributed by atoms with E-state index in [1.165, 1.54) is 25.3 Å². The van der Waals surface area contributed by atoms with Crippen molar-refractivity contribution < 1.29 is 39.9 Å². The van der Waals surface area contributed by atoms with E-state index in [1.807, 2.05) is 0 Å². The van der Waals surface area contributed by atoms with Crippen molar-refractivity contribution in [2.24, 2.45) is 0 Å². The van der Waals surface area contributed by atoms with Gasteiger partial charge in [0.15, 0.2) is 11.5 Å². The van der Waals surface area contributed by atoms with Crippen molar-refractivity contribution >= 4 is 18.0 Å². The maximum Gasteiger partial charge on any atom is 0.328 e. The van der Waals surface area contributed by atoms with Gasteiger partial charge in [-0.1, -0.05) is 0 Å². The average Bonchev–Trinajstić information content (AvgIpc) is 2.44. The fraction of sp³-hybridized carbons (Fsp3) is 0.286. The minimum atomic E-state index is -1.68. The summed E-state index contributed by atoms with van der Waals surface area (Å²) in [5.74, 6) is -3.03. The van der Waals surface area contributed by atoms with Crippen LogP contribution in [0.3, 0.4) is 0 Å². The lowest BCUT2D eigenvalue weighted by molar-refractivity contribution is -0.141. The number of carbonyl (C=O) groups is 2. The lowest BCUT2D eigenvalue weighted by Crippen LogP contribution is -2.22. The molecule has 8 nitrogen and oxygen atoms in total. The molecular formula is C14H16O8. The Hall–Kier alpha value is -2.58. The first kappa shape index (κ1) is 17.5. The summed E-state index contributed by atoms with van der Waals surface area (Å²) in [4.78, 5) is 21.1. The van der Waals surface area contributed by atoms with Crippen LogP contribution in [0.25, 0.3) is 6.08 Å². The summed E-state index contributed by atoms with van der Waals surface area (Å²) in [6, 6.07) is 2.56. The Labute approximate surface area is 125 Å². The van der Waals surface area contributed by atoms with E-state index in [4.69, 9.17) is 14.9 Å². The van der Waals surface area contributed by atoms with Crippen LogP contribution in [-0.4, -0.2) is 50.7 Å². The van der Waals surface area contributed by atoms with Gasteiger partial charge in [-0.2, -0.15) is 0 Å². The van der Waals surface area contributed by atoms with Crippen molar-refractivity contribution in [3.05, 3.63) is 29.3 Å². The highest BCUT2D eigenvalue weighted by atomic mass is 16.5. The van der Waals surface area contributed by atoms with E-state index in [0.29, 0.717) is 0 Å². The van der Waals surface area contributed by atoms with E-state index in [1.54, 1.807) is 0 Å². The van der Waals surface area contributed by atoms with Gasteiger partial charge in [-0.15, -0.1) is 0 Å². The molecule has 0 aromatic heterocycles. The zero-order valence-electron chi connectivity index (χ0n) is 11.6. The van der Waals surface area contributed by atoms with E-state index < -0.39 is 36.3 Å². The second-order valence-corrected chi connectivity index (χ2v) is 4.44. The first-order valence-corrected chi connectivity index (χ1v) is 6.16. The number of aliphatic hydroxyl groups is 2. The summed E-state index contributed by atoms with van der Waals surface area (Å²) in [6.07, 6.45) is -2.01. The quantitative estimate of drug-likeness (QED) is 0.454. The second-order valence-electron chi connectivity index (χ2n) is 4.44. The normalized spacial score (nSPS) is 13.8. The molecule has 8 heteroatoms. The molecule has 5 N–H and O–H groups in total. The largest absolute Gasteiger partial charge is 0.504 e. The molecule has 1 rings (SSSR count). The maximum absolute atomic E-state index is 10.6. The number of rotatable bonds is 7.